The quantitative estimate of drug-likeness (QED) is 0.822. The van der Waals surface area contributed by atoms with Gasteiger partial charge in [-0.1, -0.05) is 36.0 Å². The molecule has 0 saturated carbocycles. The molecular formula is C17H19ClN2OS. The smallest absolute Gasteiger partial charge is 0.248 e. The van der Waals surface area contributed by atoms with Gasteiger partial charge in [0.1, 0.15) is 0 Å². The van der Waals surface area contributed by atoms with Gasteiger partial charge in [0.2, 0.25) is 5.91 Å². The van der Waals surface area contributed by atoms with Crippen molar-refractivity contribution in [2.45, 2.75) is 22.8 Å². The second-order valence-electron chi connectivity index (χ2n) is 5.35. The lowest BCUT2D eigenvalue weighted by Crippen LogP contribution is -2.43. The number of hydrogen-bond acceptors (Lipinski definition) is 3. The number of anilines is 2. The van der Waals surface area contributed by atoms with E-state index in [1.807, 2.05) is 67.2 Å². The highest BCUT2D eigenvalue weighted by Crippen LogP contribution is 2.48. The molecule has 0 bridgehead atoms. The first-order valence-corrected chi connectivity index (χ1v) is 7.77. The first kappa shape index (κ1) is 16.9. The van der Waals surface area contributed by atoms with Crippen LogP contribution >= 0.6 is 24.2 Å². The van der Waals surface area contributed by atoms with Gasteiger partial charge < -0.3 is 0 Å². The van der Waals surface area contributed by atoms with E-state index in [0.717, 1.165) is 21.2 Å². The lowest BCUT2D eigenvalue weighted by Gasteiger charge is -2.34. The van der Waals surface area contributed by atoms with E-state index < -0.39 is 0 Å². The molecule has 1 aliphatic rings. The summed E-state index contributed by atoms with van der Waals surface area (Å²) in [6.07, 6.45) is 0. The van der Waals surface area contributed by atoms with Crippen molar-refractivity contribution in [1.82, 2.24) is 4.90 Å². The summed E-state index contributed by atoms with van der Waals surface area (Å²) >= 11 is 1.72. The van der Waals surface area contributed by atoms with Crippen LogP contribution in [-0.4, -0.2) is 30.9 Å². The highest BCUT2D eigenvalue weighted by atomic mass is 35.5. The number of benzene rings is 2. The molecule has 2 aromatic carbocycles. The minimum absolute atomic E-state index is 0. The molecule has 1 unspecified atom stereocenters. The third kappa shape index (κ3) is 2.86. The van der Waals surface area contributed by atoms with E-state index in [4.69, 9.17) is 0 Å². The van der Waals surface area contributed by atoms with E-state index in [9.17, 15) is 4.79 Å². The Morgan fingerprint density at radius 2 is 1.45 bits per heavy atom. The Morgan fingerprint density at radius 1 is 1.00 bits per heavy atom. The monoisotopic (exact) mass is 334 g/mol. The van der Waals surface area contributed by atoms with Crippen LogP contribution in [0, 0.1) is 0 Å². The molecule has 3 rings (SSSR count). The number of fused-ring (bicyclic) bond motifs is 2. The normalized spacial score (nSPS) is 13.9. The molecule has 0 fully saturated rings. The van der Waals surface area contributed by atoms with Crippen LogP contribution in [-0.2, 0) is 4.79 Å². The molecule has 1 atom stereocenters. The molecule has 3 nitrogen and oxygen atoms in total. The number of carbonyl (C=O) groups excluding carboxylic acids is 1. The topological polar surface area (TPSA) is 23.6 Å². The fourth-order valence-electron chi connectivity index (χ4n) is 2.35. The minimum atomic E-state index is -0.172. The zero-order valence-corrected chi connectivity index (χ0v) is 14.4. The maximum absolute atomic E-state index is 12.9. The van der Waals surface area contributed by atoms with Crippen LogP contribution in [0.15, 0.2) is 58.3 Å². The molecular weight excluding hydrogens is 316 g/mol. The number of rotatable bonds is 2. The largest absolute Gasteiger partial charge is 0.298 e. The Kier molecular flexibility index (Phi) is 5.16. The lowest BCUT2D eigenvalue weighted by molar-refractivity contribution is -0.121. The highest BCUT2D eigenvalue weighted by molar-refractivity contribution is 7.99. The van der Waals surface area contributed by atoms with Gasteiger partial charge in [0.25, 0.3) is 0 Å². The van der Waals surface area contributed by atoms with Crippen LogP contribution < -0.4 is 4.90 Å². The van der Waals surface area contributed by atoms with Crippen LogP contribution in [0.3, 0.4) is 0 Å². The summed E-state index contributed by atoms with van der Waals surface area (Å²) in [5.41, 5.74) is 1.94. The second-order valence-corrected chi connectivity index (χ2v) is 6.43. The number of nitrogens with zero attached hydrogens (tertiary/aromatic N) is 2. The Morgan fingerprint density at radius 3 is 1.91 bits per heavy atom. The van der Waals surface area contributed by atoms with Gasteiger partial charge in [0.15, 0.2) is 0 Å². The van der Waals surface area contributed by atoms with Gasteiger partial charge in [-0.3, -0.25) is 14.6 Å². The van der Waals surface area contributed by atoms with Crippen molar-refractivity contribution in [2.75, 3.05) is 19.0 Å². The van der Waals surface area contributed by atoms with Gasteiger partial charge in [-0.15, -0.1) is 12.4 Å². The Bertz CT molecular complexity index is 644. The lowest BCUT2D eigenvalue weighted by atomic mass is 10.1. The Labute approximate surface area is 141 Å². The molecule has 0 aliphatic carbocycles. The number of hydrogen-bond donors (Lipinski definition) is 0. The maximum atomic E-state index is 12.9. The van der Waals surface area contributed by atoms with Crippen LogP contribution in [0.4, 0.5) is 11.4 Å². The molecule has 116 valence electrons. The third-order valence-electron chi connectivity index (χ3n) is 3.78. The van der Waals surface area contributed by atoms with Crippen LogP contribution in [0.25, 0.3) is 0 Å². The molecule has 2 aromatic rings. The summed E-state index contributed by atoms with van der Waals surface area (Å²) in [5.74, 6) is 0.0974. The van der Waals surface area contributed by atoms with E-state index >= 15 is 0 Å². The van der Waals surface area contributed by atoms with Crippen LogP contribution in [0.5, 0.6) is 0 Å². The average Bonchev–Trinajstić information content (AvgIpc) is 2.51. The van der Waals surface area contributed by atoms with Crippen molar-refractivity contribution in [3.05, 3.63) is 48.5 Å². The second kappa shape index (κ2) is 6.73. The van der Waals surface area contributed by atoms with Crippen molar-refractivity contribution in [2.24, 2.45) is 0 Å². The first-order chi connectivity index (χ1) is 10.1. The minimum Gasteiger partial charge on any atom is -0.298 e. The summed E-state index contributed by atoms with van der Waals surface area (Å²) in [7, 11) is 3.86. The summed E-state index contributed by atoms with van der Waals surface area (Å²) in [6.45, 7) is 1.94. The van der Waals surface area contributed by atoms with Gasteiger partial charge in [-0.2, -0.15) is 0 Å². The average molecular weight is 335 g/mol. The molecule has 1 amide bonds. The summed E-state index contributed by atoms with van der Waals surface area (Å²) in [5, 5.41) is 0. The predicted molar refractivity (Wildman–Crippen MR) is 94.6 cm³/mol. The number of carbonyl (C=O) groups is 1. The number of amides is 1. The standard InChI is InChI=1S/C17H18N2OS.ClH/c1-12(18(2)3)17(20)19-13-8-4-6-10-15(13)21-16-11-7-5-9-14(16)19;/h4-12H,1-3H3;1H. The van der Waals surface area contributed by atoms with E-state index in [1.165, 1.54) is 0 Å². The van der Waals surface area contributed by atoms with Gasteiger partial charge in [0.05, 0.1) is 17.4 Å². The van der Waals surface area contributed by atoms with E-state index in [2.05, 4.69) is 12.1 Å². The van der Waals surface area contributed by atoms with Crippen molar-refractivity contribution in [1.29, 1.82) is 0 Å². The zero-order valence-electron chi connectivity index (χ0n) is 12.8. The van der Waals surface area contributed by atoms with Crippen molar-refractivity contribution >= 4 is 41.5 Å². The number of para-hydroxylation sites is 2. The zero-order chi connectivity index (χ0) is 15.0. The molecule has 0 saturated heterocycles. The fourth-order valence-corrected chi connectivity index (χ4v) is 3.41. The van der Waals surface area contributed by atoms with E-state index in [1.54, 1.807) is 11.8 Å². The SMILES string of the molecule is CC(C(=O)N1c2ccccc2Sc2ccccc21)N(C)C.Cl. The summed E-state index contributed by atoms with van der Waals surface area (Å²) in [4.78, 5) is 19.0. The van der Waals surface area contributed by atoms with E-state index in [-0.39, 0.29) is 24.4 Å². The maximum Gasteiger partial charge on any atom is 0.248 e. The number of halogens is 1. The predicted octanol–water partition coefficient (Wildman–Crippen LogP) is 4.19. The van der Waals surface area contributed by atoms with Crippen molar-refractivity contribution in [3.63, 3.8) is 0 Å². The van der Waals surface area contributed by atoms with Crippen molar-refractivity contribution < 1.29 is 4.79 Å². The third-order valence-corrected chi connectivity index (χ3v) is 4.91. The van der Waals surface area contributed by atoms with Crippen LogP contribution in [0.2, 0.25) is 0 Å². The molecule has 0 aromatic heterocycles. The van der Waals surface area contributed by atoms with Gasteiger partial charge in [-0.25, -0.2) is 0 Å². The highest BCUT2D eigenvalue weighted by Gasteiger charge is 2.31. The molecule has 1 heterocycles. The van der Waals surface area contributed by atoms with Crippen LogP contribution in [0.1, 0.15) is 6.92 Å². The van der Waals surface area contributed by atoms with Crippen molar-refractivity contribution in [3.8, 4) is 0 Å². The number of likely N-dealkylation sites (N-methyl/N-ethyl adjacent to an activating group) is 1. The molecule has 1 aliphatic heterocycles. The van der Waals surface area contributed by atoms with Gasteiger partial charge in [0, 0.05) is 9.79 Å². The molecule has 5 heteroatoms. The van der Waals surface area contributed by atoms with Gasteiger partial charge in [-0.05, 0) is 45.3 Å². The summed E-state index contributed by atoms with van der Waals surface area (Å²) < 4.78 is 0. The molecule has 0 radical (unpaired) electrons. The fraction of sp³-hybridized carbons (Fsp3) is 0.235. The Balaban J connectivity index is 0.00000176. The molecule has 0 spiro atoms. The molecule has 22 heavy (non-hydrogen) atoms. The Hall–Kier alpha value is -1.49. The summed E-state index contributed by atoms with van der Waals surface area (Å²) in [6, 6.07) is 16.0. The van der Waals surface area contributed by atoms with Gasteiger partial charge >= 0.3 is 0 Å². The molecule has 0 N–H and O–H groups in total. The van der Waals surface area contributed by atoms with E-state index in [0.29, 0.717) is 0 Å². The first-order valence-electron chi connectivity index (χ1n) is 6.96.